The number of para-hydroxylation sites is 1. The van der Waals surface area contributed by atoms with E-state index in [1.807, 2.05) is 18.2 Å². The van der Waals surface area contributed by atoms with Gasteiger partial charge in [0.15, 0.2) is 0 Å². The van der Waals surface area contributed by atoms with Crippen LogP contribution in [0, 0.1) is 0 Å². The number of allylic oxidation sites excluding steroid dienone is 2. The zero-order chi connectivity index (χ0) is 12.3. The number of aliphatic hydroxyl groups is 1. The number of amides is 1. The van der Waals surface area contributed by atoms with Crippen molar-refractivity contribution in [2.75, 3.05) is 5.32 Å². The normalized spacial score (nSPS) is 18.8. The minimum atomic E-state index is -1.00. The van der Waals surface area contributed by atoms with Crippen molar-refractivity contribution in [3.05, 3.63) is 54.1 Å². The Hall–Kier alpha value is -1.78. The molecule has 1 aliphatic rings. The molecule has 0 aromatic heterocycles. The molecule has 4 heteroatoms. The molecule has 0 heterocycles. The predicted molar refractivity (Wildman–Crippen MR) is 70.9 cm³/mol. The number of hydrogen-bond acceptors (Lipinski definition) is 3. The van der Waals surface area contributed by atoms with Crippen molar-refractivity contribution in [2.45, 2.75) is 6.10 Å². The van der Waals surface area contributed by atoms with E-state index >= 15 is 0 Å². The van der Waals surface area contributed by atoms with Gasteiger partial charge in [0.25, 0.3) is 5.91 Å². The molecule has 0 fully saturated rings. The second kappa shape index (κ2) is 5.03. The minimum Gasteiger partial charge on any atom is -0.383 e. The molecule has 1 unspecified atom stereocenters. The van der Waals surface area contributed by atoms with Crippen molar-refractivity contribution in [1.82, 2.24) is 0 Å². The van der Waals surface area contributed by atoms with Crippen molar-refractivity contribution in [3.8, 4) is 0 Å². The molecule has 1 aromatic rings. The maximum absolute atomic E-state index is 11.9. The second-order valence-corrected chi connectivity index (χ2v) is 4.08. The molecular formula is C13H11NO2S. The average Bonchev–Trinajstić information content (AvgIpc) is 2.34. The number of nitrogens with one attached hydrogen (secondary N) is 1. The number of thiocarbonyl (C=S) groups is 1. The fourth-order valence-electron chi connectivity index (χ4n) is 1.51. The van der Waals surface area contributed by atoms with E-state index in [2.05, 4.69) is 5.32 Å². The van der Waals surface area contributed by atoms with Gasteiger partial charge in [0.1, 0.15) is 6.10 Å². The first kappa shape index (κ1) is 11.7. The second-order valence-electron chi connectivity index (χ2n) is 3.61. The summed E-state index contributed by atoms with van der Waals surface area (Å²) in [6.45, 7) is 0. The third-order valence-corrected chi connectivity index (χ3v) is 2.75. The van der Waals surface area contributed by atoms with Crippen LogP contribution in [-0.4, -0.2) is 22.0 Å². The van der Waals surface area contributed by atoms with Gasteiger partial charge in [-0.05, 0) is 18.2 Å². The molecular weight excluding hydrogens is 234 g/mol. The van der Waals surface area contributed by atoms with Gasteiger partial charge < -0.3 is 10.4 Å². The molecule has 1 atom stereocenters. The number of carbonyl (C=O) groups excluding carboxylic acids is 1. The third kappa shape index (κ3) is 2.67. The molecule has 17 heavy (non-hydrogen) atoms. The van der Waals surface area contributed by atoms with Gasteiger partial charge in [0.2, 0.25) is 0 Å². The molecule has 86 valence electrons. The number of carbonyl (C=O) groups is 1. The molecule has 0 radical (unpaired) electrons. The maximum atomic E-state index is 11.9. The summed E-state index contributed by atoms with van der Waals surface area (Å²) in [6.07, 6.45) is 3.84. The van der Waals surface area contributed by atoms with Crippen molar-refractivity contribution < 1.29 is 9.90 Å². The standard InChI is InChI=1S/C13H11NO2S/c15-12-10(7-4-8-11(12)17)13(16)14-9-5-2-1-3-6-9/h1-8,12,15H,(H,14,16). The van der Waals surface area contributed by atoms with Gasteiger partial charge >= 0.3 is 0 Å². The number of hydrogen-bond donors (Lipinski definition) is 2. The van der Waals surface area contributed by atoms with Crippen LogP contribution in [0.15, 0.2) is 54.1 Å². The third-order valence-electron chi connectivity index (χ3n) is 2.39. The highest BCUT2D eigenvalue weighted by atomic mass is 32.1. The predicted octanol–water partition coefficient (Wildman–Crippen LogP) is 1.85. The number of benzene rings is 1. The van der Waals surface area contributed by atoms with Gasteiger partial charge in [0.05, 0.1) is 5.57 Å². The highest BCUT2D eigenvalue weighted by molar-refractivity contribution is 7.80. The first-order valence-electron chi connectivity index (χ1n) is 5.15. The number of rotatable bonds is 2. The quantitative estimate of drug-likeness (QED) is 0.782. The zero-order valence-corrected chi connectivity index (χ0v) is 9.78. The molecule has 1 aliphatic carbocycles. The molecule has 0 aliphatic heterocycles. The van der Waals surface area contributed by atoms with E-state index < -0.39 is 6.10 Å². The van der Waals surface area contributed by atoms with Crippen LogP contribution in [0.25, 0.3) is 0 Å². The SMILES string of the molecule is O=C(Nc1ccccc1)C1=CC=CC(=S)C1O. The molecule has 1 aromatic carbocycles. The summed E-state index contributed by atoms with van der Waals surface area (Å²) in [5.41, 5.74) is 0.951. The van der Waals surface area contributed by atoms with Crippen LogP contribution in [0.4, 0.5) is 5.69 Å². The summed E-state index contributed by atoms with van der Waals surface area (Å²) in [4.78, 5) is 12.2. The van der Waals surface area contributed by atoms with E-state index in [1.165, 1.54) is 0 Å². The largest absolute Gasteiger partial charge is 0.383 e. The Morgan fingerprint density at radius 1 is 1.29 bits per heavy atom. The topological polar surface area (TPSA) is 49.3 Å². The molecule has 2 N–H and O–H groups in total. The van der Waals surface area contributed by atoms with E-state index in [4.69, 9.17) is 12.2 Å². The summed E-state index contributed by atoms with van der Waals surface area (Å²) in [5.74, 6) is -0.338. The summed E-state index contributed by atoms with van der Waals surface area (Å²) in [5, 5.41) is 12.5. The average molecular weight is 245 g/mol. The van der Waals surface area contributed by atoms with E-state index in [-0.39, 0.29) is 11.5 Å². The lowest BCUT2D eigenvalue weighted by Crippen LogP contribution is -2.29. The zero-order valence-electron chi connectivity index (χ0n) is 8.96. The van der Waals surface area contributed by atoms with Crippen molar-refractivity contribution in [2.24, 2.45) is 0 Å². The van der Waals surface area contributed by atoms with Crippen LogP contribution in [-0.2, 0) is 4.79 Å². The van der Waals surface area contributed by atoms with Crippen molar-refractivity contribution in [1.29, 1.82) is 0 Å². The monoisotopic (exact) mass is 245 g/mol. The summed E-state index contributed by atoms with van der Waals surface area (Å²) in [6, 6.07) is 9.07. The van der Waals surface area contributed by atoms with Gasteiger partial charge in [-0.15, -0.1) is 0 Å². The van der Waals surface area contributed by atoms with Crippen LogP contribution in [0.5, 0.6) is 0 Å². The molecule has 0 spiro atoms. The lowest BCUT2D eigenvalue weighted by molar-refractivity contribution is -0.113. The van der Waals surface area contributed by atoms with Gasteiger partial charge in [-0.3, -0.25) is 4.79 Å². The van der Waals surface area contributed by atoms with Gasteiger partial charge in [-0.1, -0.05) is 42.6 Å². The number of aliphatic hydroxyl groups excluding tert-OH is 1. The lowest BCUT2D eigenvalue weighted by atomic mass is 10.0. The Bertz CT molecular complexity index is 505. The summed E-state index contributed by atoms with van der Waals surface area (Å²) >= 11 is 4.93. The molecule has 1 amide bonds. The molecule has 0 saturated heterocycles. The van der Waals surface area contributed by atoms with E-state index in [0.717, 1.165) is 0 Å². The van der Waals surface area contributed by atoms with Crippen molar-refractivity contribution >= 4 is 28.7 Å². The lowest BCUT2D eigenvalue weighted by Gasteiger charge is -2.16. The van der Waals surface area contributed by atoms with E-state index in [0.29, 0.717) is 10.6 Å². The van der Waals surface area contributed by atoms with Crippen LogP contribution < -0.4 is 5.32 Å². The fraction of sp³-hybridized carbons (Fsp3) is 0.0769. The van der Waals surface area contributed by atoms with E-state index in [1.54, 1.807) is 30.4 Å². The van der Waals surface area contributed by atoms with Crippen LogP contribution >= 0.6 is 12.2 Å². The Kier molecular flexibility index (Phi) is 3.46. The Morgan fingerprint density at radius 2 is 2.00 bits per heavy atom. The molecule has 3 nitrogen and oxygen atoms in total. The van der Waals surface area contributed by atoms with Gasteiger partial charge in [0, 0.05) is 10.6 Å². The first-order chi connectivity index (χ1) is 8.18. The smallest absolute Gasteiger partial charge is 0.254 e. The van der Waals surface area contributed by atoms with Gasteiger partial charge in [-0.2, -0.15) is 0 Å². The maximum Gasteiger partial charge on any atom is 0.254 e. The summed E-state index contributed by atoms with van der Waals surface area (Å²) in [7, 11) is 0. The fourth-order valence-corrected chi connectivity index (χ4v) is 1.71. The number of anilines is 1. The van der Waals surface area contributed by atoms with Crippen LogP contribution in [0.3, 0.4) is 0 Å². The van der Waals surface area contributed by atoms with Crippen molar-refractivity contribution in [3.63, 3.8) is 0 Å². The first-order valence-corrected chi connectivity index (χ1v) is 5.56. The van der Waals surface area contributed by atoms with Crippen LogP contribution in [0.2, 0.25) is 0 Å². The molecule has 0 saturated carbocycles. The molecule has 2 rings (SSSR count). The molecule has 0 bridgehead atoms. The Labute approximate surface area is 104 Å². The highest BCUT2D eigenvalue weighted by Gasteiger charge is 2.22. The highest BCUT2D eigenvalue weighted by Crippen LogP contribution is 2.14. The van der Waals surface area contributed by atoms with Gasteiger partial charge in [-0.25, -0.2) is 0 Å². The Balaban J connectivity index is 2.14. The minimum absolute atomic E-state index is 0.265. The summed E-state index contributed by atoms with van der Waals surface area (Å²) < 4.78 is 0. The van der Waals surface area contributed by atoms with E-state index in [9.17, 15) is 9.90 Å². The van der Waals surface area contributed by atoms with Crippen LogP contribution in [0.1, 0.15) is 0 Å². The Morgan fingerprint density at radius 3 is 2.71 bits per heavy atom.